The van der Waals surface area contributed by atoms with Gasteiger partial charge in [-0.3, -0.25) is 0 Å². The highest BCUT2D eigenvalue weighted by Gasteiger charge is 2.12. The van der Waals surface area contributed by atoms with Crippen LogP contribution in [0.3, 0.4) is 0 Å². The average molecular weight is 377 g/mol. The van der Waals surface area contributed by atoms with Crippen molar-refractivity contribution in [3.8, 4) is 5.69 Å². The Kier molecular flexibility index (Phi) is 3.82. The number of rotatable bonds is 3. The summed E-state index contributed by atoms with van der Waals surface area (Å²) in [6, 6.07) is 5.93. The zero-order valence-electron chi connectivity index (χ0n) is 12.9. The molecular formula is C16H11Cl2FN6. The van der Waals surface area contributed by atoms with Crippen LogP contribution in [0.25, 0.3) is 16.7 Å². The van der Waals surface area contributed by atoms with Gasteiger partial charge in [0.2, 0.25) is 5.95 Å². The summed E-state index contributed by atoms with van der Waals surface area (Å²) in [5, 5.41) is 8.84. The maximum absolute atomic E-state index is 13.0. The Balaban J connectivity index is 1.67. The molecule has 0 aliphatic carbocycles. The highest BCUT2D eigenvalue weighted by molar-refractivity contribution is 6.35. The summed E-state index contributed by atoms with van der Waals surface area (Å²) in [7, 11) is 1.85. The van der Waals surface area contributed by atoms with Crippen LogP contribution in [0.5, 0.6) is 0 Å². The Morgan fingerprint density at radius 3 is 2.64 bits per heavy atom. The smallest absolute Gasteiger partial charge is 0.229 e. The largest absolute Gasteiger partial charge is 0.334 e. The SMILES string of the molecule is Cn1cc(Cl)c2cnc(Nc3cn(-c4ccc(F)cc4)nc3Cl)nc21. The zero-order chi connectivity index (χ0) is 17.6. The van der Waals surface area contributed by atoms with Crippen LogP contribution in [-0.2, 0) is 7.05 Å². The summed E-state index contributed by atoms with van der Waals surface area (Å²) >= 11 is 12.3. The Bertz CT molecular complexity index is 1070. The van der Waals surface area contributed by atoms with Crippen molar-refractivity contribution in [3.63, 3.8) is 0 Å². The number of nitrogens with one attached hydrogen (secondary N) is 1. The molecular weight excluding hydrogens is 366 g/mol. The number of nitrogens with zero attached hydrogens (tertiary/aromatic N) is 5. The van der Waals surface area contributed by atoms with E-state index in [9.17, 15) is 4.39 Å². The van der Waals surface area contributed by atoms with Crippen LogP contribution < -0.4 is 5.32 Å². The maximum atomic E-state index is 13.0. The van der Waals surface area contributed by atoms with Gasteiger partial charge >= 0.3 is 0 Å². The van der Waals surface area contributed by atoms with Gasteiger partial charge in [-0.15, -0.1) is 0 Å². The second kappa shape index (κ2) is 6.02. The van der Waals surface area contributed by atoms with E-state index in [1.54, 1.807) is 35.4 Å². The number of benzene rings is 1. The van der Waals surface area contributed by atoms with Crippen LogP contribution in [0.2, 0.25) is 10.2 Å². The molecule has 1 N–H and O–H groups in total. The summed E-state index contributed by atoms with van der Waals surface area (Å²) in [6.07, 6.45) is 5.09. The third-order valence-corrected chi connectivity index (χ3v) is 4.25. The number of hydrogen-bond donors (Lipinski definition) is 1. The summed E-state index contributed by atoms with van der Waals surface area (Å²) in [5.74, 6) is 0.0502. The van der Waals surface area contributed by atoms with Crippen molar-refractivity contribution >= 4 is 45.9 Å². The second-order valence-corrected chi connectivity index (χ2v) is 6.16. The number of aromatic nitrogens is 5. The van der Waals surface area contributed by atoms with Crippen LogP contribution in [0, 0.1) is 5.82 Å². The van der Waals surface area contributed by atoms with E-state index in [-0.39, 0.29) is 11.0 Å². The van der Waals surface area contributed by atoms with Gasteiger partial charge < -0.3 is 9.88 Å². The predicted octanol–water partition coefficient (Wildman–Crippen LogP) is 4.34. The molecule has 3 aromatic heterocycles. The van der Waals surface area contributed by atoms with Gasteiger partial charge in [0, 0.05) is 19.4 Å². The quantitative estimate of drug-likeness (QED) is 0.577. The van der Waals surface area contributed by atoms with E-state index in [1.165, 1.54) is 12.1 Å². The molecule has 0 radical (unpaired) electrons. The first kappa shape index (κ1) is 15.9. The molecule has 0 aliphatic heterocycles. The molecule has 0 saturated carbocycles. The molecule has 25 heavy (non-hydrogen) atoms. The van der Waals surface area contributed by atoms with Crippen LogP contribution >= 0.6 is 23.2 Å². The summed E-state index contributed by atoms with van der Waals surface area (Å²) in [4.78, 5) is 8.68. The van der Waals surface area contributed by atoms with Crippen molar-refractivity contribution in [3.05, 3.63) is 58.8 Å². The number of halogens is 3. The van der Waals surface area contributed by atoms with Gasteiger partial charge in [0.15, 0.2) is 5.15 Å². The first-order valence-corrected chi connectivity index (χ1v) is 8.02. The van der Waals surface area contributed by atoms with E-state index >= 15 is 0 Å². The molecule has 0 fully saturated rings. The number of anilines is 2. The first-order chi connectivity index (χ1) is 12.0. The van der Waals surface area contributed by atoms with E-state index in [0.29, 0.717) is 28.0 Å². The molecule has 126 valence electrons. The third-order valence-electron chi connectivity index (χ3n) is 3.67. The standard InChI is InChI=1S/C16H11Cl2FN6/c1-24-7-12(17)11-6-20-16(22-15(11)24)21-13-8-25(23-14(13)18)10-4-2-9(19)3-5-10/h2-8H,1H3,(H,20,21,22). The van der Waals surface area contributed by atoms with Gasteiger partial charge in [0.1, 0.15) is 11.5 Å². The molecule has 0 spiro atoms. The van der Waals surface area contributed by atoms with Crippen molar-refractivity contribution in [2.24, 2.45) is 7.05 Å². The van der Waals surface area contributed by atoms with Crippen LogP contribution in [-0.4, -0.2) is 24.3 Å². The Morgan fingerprint density at radius 2 is 1.88 bits per heavy atom. The molecule has 0 saturated heterocycles. The number of aryl methyl sites for hydroxylation is 1. The molecule has 4 rings (SSSR count). The second-order valence-electron chi connectivity index (χ2n) is 5.40. The predicted molar refractivity (Wildman–Crippen MR) is 95.3 cm³/mol. The lowest BCUT2D eigenvalue weighted by Crippen LogP contribution is -1.98. The molecule has 9 heteroatoms. The van der Waals surface area contributed by atoms with Crippen LogP contribution in [0.15, 0.2) is 42.9 Å². The fourth-order valence-corrected chi connectivity index (χ4v) is 2.91. The molecule has 4 aromatic rings. The van der Waals surface area contributed by atoms with Gasteiger partial charge in [-0.2, -0.15) is 10.1 Å². The van der Waals surface area contributed by atoms with E-state index in [4.69, 9.17) is 23.2 Å². The topological polar surface area (TPSA) is 60.6 Å². The van der Waals surface area contributed by atoms with E-state index < -0.39 is 0 Å². The summed E-state index contributed by atoms with van der Waals surface area (Å²) in [6.45, 7) is 0. The van der Waals surface area contributed by atoms with Gasteiger partial charge in [-0.05, 0) is 24.3 Å². The monoisotopic (exact) mass is 376 g/mol. The van der Waals surface area contributed by atoms with E-state index in [2.05, 4.69) is 20.4 Å². The van der Waals surface area contributed by atoms with Crippen LogP contribution in [0.4, 0.5) is 16.0 Å². The van der Waals surface area contributed by atoms with Crippen molar-refractivity contribution in [1.29, 1.82) is 0 Å². The summed E-state index contributed by atoms with van der Waals surface area (Å²) in [5.41, 5.74) is 1.91. The zero-order valence-corrected chi connectivity index (χ0v) is 14.4. The molecule has 0 unspecified atom stereocenters. The minimum absolute atomic E-state index is 0.248. The van der Waals surface area contributed by atoms with E-state index in [0.717, 1.165) is 5.39 Å². The maximum Gasteiger partial charge on any atom is 0.229 e. The Morgan fingerprint density at radius 1 is 1.12 bits per heavy atom. The highest BCUT2D eigenvalue weighted by atomic mass is 35.5. The number of fused-ring (bicyclic) bond motifs is 1. The van der Waals surface area contributed by atoms with E-state index in [1.807, 2.05) is 11.6 Å². The van der Waals surface area contributed by atoms with Crippen LogP contribution in [0.1, 0.15) is 0 Å². The van der Waals surface area contributed by atoms with Crippen molar-refractivity contribution in [1.82, 2.24) is 24.3 Å². The lowest BCUT2D eigenvalue weighted by Gasteiger charge is -2.03. The molecule has 1 aromatic carbocycles. The third kappa shape index (κ3) is 2.92. The molecule has 0 atom stereocenters. The minimum atomic E-state index is -0.316. The first-order valence-electron chi connectivity index (χ1n) is 7.27. The van der Waals surface area contributed by atoms with Gasteiger partial charge in [-0.1, -0.05) is 23.2 Å². The van der Waals surface area contributed by atoms with Crippen molar-refractivity contribution in [2.45, 2.75) is 0 Å². The summed E-state index contributed by atoms with van der Waals surface area (Å²) < 4.78 is 16.4. The molecule has 0 amide bonds. The highest BCUT2D eigenvalue weighted by Crippen LogP contribution is 2.27. The molecule has 0 bridgehead atoms. The average Bonchev–Trinajstić information content (AvgIpc) is 3.09. The Hall–Kier alpha value is -2.64. The number of hydrogen-bond acceptors (Lipinski definition) is 4. The fraction of sp³-hybridized carbons (Fsp3) is 0.0625. The lowest BCUT2D eigenvalue weighted by atomic mass is 10.3. The van der Waals surface area contributed by atoms with Crippen molar-refractivity contribution < 1.29 is 4.39 Å². The van der Waals surface area contributed by atoms with Crippen molar-refractivity contribution in [2.75, 3.05) is 5.32 Å². The molecule has 6 nitrogen and oxygen atoms in total. The normalized spacial score (nSPS) is 11.2. The van der Waals surface area contributed by atoms with Gasteiger partial charge in [0.05, 0.1) is 28.0 Å². The van der Waals surface area contributed by atoms with Gasteiger partial charge in [0.25, 0.3) is 0 Å². The van der Waals surface area contributed by atoms with Gasteiger partial charge in [-0.25, -0.2) is 14.1 Å². The lowest BCUT2D eigenvalue weighted by molar-refractivity contribution is 0.627. The Labute approximate surface area is 151 Å². The minimum Gasteiger partial charge on any atom is -0.334 e. The molecule has 0 aliphatic rings. The molecule has 3 heterocycles. The fourth-order valence-electron chi connectivity index (χ4n) is 2.45.